The number of thiophene rings is 1. The van der Waals surface area contributed by atoms with E-state index in [1.54, 1.807) is 47.8 Å². The van der Waals surface area contributed by atoms with Gasteiger partial charge in [0, 0.05) is 29.0 Å². The van der Waals surface area contributed by atoms with Crippen molar-refractivity contribution in [3.05, 3.63) is 97.2 Å². The van der Waals surface area contributed by atoms with Gasteiger partial charge in [-0.25, -0.2) is 0 Å². The second-order valence-corrected chi connectivity index (χ2v) is 10.8. The summed E-state index contributed by atoms with van der Waals surface area (Å²) >= 11 is 7.40. The third-order valence-corrected chi connectivity index (χ3v) is 8.55. The highest BCUT2D eigenvalue weighted by molar-refractivity contribution is 7.12. The van der Waals surface area contributed by atoms with Gasteiger partial charge in [-0.15, -0.1) is 11.3 Å². The zero-order valence-electron chi connectivity index (χ0n) is 19.7. The number of non-ortho nitro benzene ring substituents is 1. The van der Waals surface area contributed by atoms with Gasteiger partial charge in [0.2, 0.25) is 11.8 Å². The van der Waals surface area contributed by atoms with Gasteiger partial charge in [-0.2, -0.15) is 0 Å². The number of nitrogens with two attached hydrogens (primary N) is 1. The maximum absolute atomic E-state index is 14.1. The first-order valence-corrected chi connectivity index (χ1v) is 13.2. The predicted molar refractivity (Wildman–Crippen MR) is 139 cm³/mol. The Balaban J connectivity index is 1.75. The molecule has 2 fully saturated rings. The van der Waals surface area contributed by atoms with Crippen molar-refractivity contribution in [2.45, 2.75) is 37.3 Å². The first kappa shape index (κ1) is 25.1. The standard InChI is InChI=1S/C27H24ClN3O5S/c28-18-11-9-15(10-12-18)21-22(25(32)20-8-3-13-37-20)23(17-6-2-7-19(14-17)31(35)36)30(24(21)26(29)33)27(34)16-4-1-5-16/h2-3,6-14,16,21-24H,1,4-5H2,(H2,29,33). The number of carbonyl (C=O) groups excluding carboxylic acids is 3. The third-order valence-electron chi connectivity index (χ3n) is 7.41. The van der Waals surface area contributed by atoms with Crippen LogP contribution in [0.5, 0.6) is 0 Å². The minimum atomic E-state index is -1.12. The first-order valence-electron chi connectivity index (χ1n) is 12.0. The van der Waals surface area contributed by atoms with E-state index >= 15 is 0 Å². The van der Waals surface area contributed by atoms with Crippen LogP contribution in [0.4, 0.5) is 5.69 Å². The Kier molecular flexibility index (Phi) is 6.83. The zero-order valence-corrected chi connectivity index (χ0v) is 21.2. The van der Waals surface area contributed by atoms with Crippen LogP contribution in [-0.2, 0) is 9.59 Å². The van der Waals surface area contributed by atoms with Crippen molar-refractivity contribution in [1.29, 1.82) is 0 Å². The van der Waals surface area contributed by atoms with Crippen molar-refractivity contribution >= 4 is 46.2 Å². The number of hydrogen-bond acceptors (Lipinski definition) is 6. The highest BCUT2D eigenvalue weighted by Gasteiger charge is 2.58. The van der Waals surface area contributed by atoms with Gasteiger partial charge in [0.05, 0.1) is 21.8 Å². The molecule has 5 rings (SSSR count). The SMILES string of the molecule is NC(=O)C1C(c2ccc(Cl)cc2)C(C(=O)c2cccs2)C(c2cccc([N+](=O)[O-])c2)N1C(=O)C1CCC1. The number of Topliss-reactive ketones (excluding diaryl/α,β-unsaturated/α-hetero) is 1. The Hall–Kier alpha value is -3.56. The number of ketones is 1. The molecule has 37 heavy (non-hydrogen) atoms. The molecule has 4 atom stereocenters. The van der Waals surface area contributed by atoms with Gasteiger partial charge < -0.3 is 10.6 Å². The number of likely N-dealkylation sites (tertiary alicyclic amines) is 1. The van der Waals surface area contributed by atoms with Crippen LogP contribution in [0.25, 0.3) is 0 Å². The fraction of sp³-hybridized carbons (Fsp3) is 0.296. The highest BCUT2D eigenvalue weighted by Crippen LogP contribution is 2.53. The van der Waals surface area contributed by atoms with E-state index in [1.165, 1.54) is 34.4 Å². The molecule has 0 radical (unpaired) electrons. The fourth-order valence-electron chi connectivity index (χ4n) is 5.52. The molecule has 2 aromatic carbocycles. The van der Waals surface area contributed by atoms with Crippen molar-refractivity contribution in [2.75, 3.05) is 0 Å². The summed E-state index contributed by atoms with van der Waals surface area (Å²) in [7, 11) is 0. The van der Waals surface area contributed by atoms with Gasteiger partial charge >= 0.3 is 0 Å². The van der Waals surface area contributed by atoms with Crippen molar-refractivity contribution in [3.8, 4) is 0 Å². The van der Waals surface area contributed by atoms with Gasteiger partial charge in [0.25, 0.3) is 5.69 Å². The van der Waals surface area contributed by atoms with E-state index in [1.807, 2.05) is 0 Å². The number of carbonyl (C=O) groups is 3. The molecule has 1 aliphatic carbocycles. The number of nitro groups is 1. The van der Waals surface area contributed by atoms with E-state index in [4.69, 9.17) is 17.3 Å². The Bertz CT molecular complexity index is 1360. The van der Waals surface area contributed by atoms with Crippen LogP contribution in [0.3, 0.4) is 0 Å². The van der Waals surface area contributed by atoms with Gasteiger partial charge in [-0.3, -0.25) is 24.5 Å². The van der Waals surface area contributed by atoms with Gasteiger partial charge in [0.15, 0.2) is 5.78 Å². The summed E-state index contributed by atoms with van der Waals surface area (Å²) in [6, 6.07) is 14.2. The number of halogens is 1. The minimum absolute atomic E-state index is 0.165. The normalized spacial score (nSPS) is 23.4. The van der Waals surface area contributed by atoms with Gasteiger partial charge in [-0.05, 0) is 47.5 Å². The van der Waals surface area contributed by atoms with E-state index in [0.717, 1.165) is 6.42 Å². The summed E-state index contributed by atoms with van der Waals surface area (Å²) in [6.45, 7) is 0. The molecular formula is C27H24ClN3O5S. The molecule has 2 heterocycles. The second kappa shape index (κ2) is 10.1. The third kappa shape index (κ3) is 4.53. The maximum Gasteiger partial charge on any atom is 0.269 e. The Labute approximate surface area is 222 Å². The van der Waals surface area contributed by atoms with Crippen LogP contribution in [0.2, 0.25) is 5.02 Å². The van der Waals surface area contributed by atoms with Crippen molar-refractivity contribution in [3.63, 3.8) is 0 Å². The Morgan fingerprint density at radius 2 is 1.76 bits per heavy atom. The van der Waals surface area contributed by atoms with E-state index in [-0.39, 0.29) is 23.3 Å². The van der Waals surface area contributed by atoms with E-state index in [0.29, 0.717) is 33.9 Å². The average Bonchev–Trinajstić information content (AvgIpc) is 3.50. The molecule has 4 unspecified atom stereocenters. The summed E-state index contributed by atoms with van der Waals surface area (Å²) in [6.07, 6.45) is 2.25. The van der Waals surface area contributed by atoms with Crippen LogP contribution in [0.15, 0.2) is 66.0 Å². The molecule has 10 heteroatoms. The number of amides is 2. The minimum Gasteiger partial charge on any atom is -0.368 e. The van der Waals surface area contributed by atoms with Crippen LogP contribution >= 0.6 is 22.9 Å². The molecule has 2 N–H and O–H groups in total. The molecule has 190 valence electrons. The maximum atomic E-state index is 14.1. The lowest BCUT2D eigenvalue weighted by Gasteiger charge is -2.36. The number of nitrogens with zero attached hydrogens (tertiary/aromatic N) is 2. The summed E-state index contributed by atoms with van der Waals surface area (Å²) < 4.78 is 0. The fourth-order valence-corrected chi connectivity index (χ4v) is 6.36. The largest absolute Gasteiger partial charge is 0.368 e. The molecule has 3 aromatic rings. The van der Waals surface area contributed by atoms with Crippen LogP contribution in [0, 0.1) is 22.0 Å². The summed E-state index contributed by atoms with van der Waals surface area (Å²) in [5, 5.41) is 13.9. The van der Waals surface area contributed by atoms with Crippen molar-refractivity contribution in [2.24, 2.45) is 17.6 Å². The molecule has 2 amide bonds. The molecule has 1 saturated heterocycles. The molecule has 2 aliphatic rings. The topological polar surface area (TPSA) is 124 Å². The second-order valence-electron chi connectivity index (χ2n) is 9.46. The predicted octanol–water partition coefficient (Wildman–Crippen LogP) is 5.13. The molecule has 0 bridgehead atoms. The summed E-state index contributed by atoms with van der Waals surface area (Å²) in [5.74, 6) is -3.19. The lowest BCUT2D eigenvalue weighted by Crippen LogP contribution is -2.49. The molecule has 1 saturated carbocycles. The molecule has 8 nitrogen and oxygen atoms in total. The molecular weight excluding hydrogens is 514 g/mol. The Morgan fingerprint density at radius 1 is 1.03 bits per heavy atom. The quantitative estimate of drug-likeness (QED) is 0.254. The number of primary amides is 1. The van der Waals surface area contributed by atoms with Gasteiger partial charge in [-0.1, -0.05) is 48.4 Å². The number of nitro benzene ring substituents is 1. The van der Waals surface area contributed by atoms with Crippen LogP contribution in [-0.4, -0.2) is 33.5 Å². The lowest BCUT2D eigenvalue weighted by molar-refractivity contribution is -0.385. The van der Waals surface area contributed by atoms with Crippen molar-refractivity contribution < 1.29 is 19.3 Å². The smallest absolute Gasteiger partial charge is 0.269 e. The number of rotatable bonds is 7. The van der Waals surface area contributed by atoms with Crippen molar-refractivity contribution in [1.82, 2.24) is 4.90 Å². The molecule has 0 spiro atoms. The number of benzene rings is 2. The van der Waals surface area contributed by atoms with Crippen LogP contribution in [0.1, 0.15) is 52.0 Å². The van der Waals surface area contributed by atoms with Gasteiger partial charge in [0.1, 0.15) is 6.04 Å². The average molecular weight is 538 g/mol. The zero-order chi connectivity index (χ0) is 26.3. The monoisotopic (exact) mass is 537 g/mol. The first-order chi connectivity index (χ1) is 17.8. The van der Waals surface area contributed by atoms with E-state index in [2.05, 4.69) is 0 Å². The van der Waals surface area contributed by atoms with E-state index in [9.17, 15) is 24.5 Å². The molecule has 1 aliphatic heterocycles. The highest BCUT2D eigenvalue weighted by atomic mass is 35.5. The van der Waals surface area contributed by atoms with E-state index < -0.39 is 34.7 Å². The summed E-state index contributed by atoms with van der Waals surface area (Å²) in [4.78, 5) is 54.1. The molecule has 1 aromatic heterocycles. The lowest BCUT2D eigenvalue weighted by atomic mass is 9.77. The number of hydrogen-bond donors (Lipinski definition) is 1. The summed E-state index contributed by atoms with van der Waals surface area (Å²) in [5.41, 5.74) is 6.86. The Morgan fingerprint density at radius 3 is 2.32 bits per heavy atom. The van der Waals surface area contributed by atoms with Crippen LogP contribution < -0.4 is 5.73 Å².